The number of aliphatic hydroxyl groups is 1. The van der Waals surface area contributed by atoms with E-state index in [1.165, 1.54) is 0 Å². The van der Waals surface area contributed by atoms with Crippen molar-refractivity contribution in [3.8, 4) is 0 Å². The molecule has 0 aliphatic heterocycles. The lowest BCUT2D eigenvalue weighted by Crippen LogP contribution is -2.52. The van der Waals surface area contributed by atoms with Crippen LogP contribution in [0.25, 0.3) is 0 Å². The van der Waals surface area contributed by atoms with E-state index in [9.17, 15) is 9.90 Å². The first-order chi connectivity index (χ1) is 18.2. The second kappa shape index (κ2) is 14.6. The Labute approximate surface area is 228 Å². The molecule has 0 bridgehead atoms. The van der Waals surface area contributed by atoms with Crippen molar-refractivity contribution in [1.29, 1.82) is 0 Å². The summed E-state index contributed by atoms with van der Waals surface area (Å²) in [6.07, 6.45) is 0.951. The molecule has 1 amide bonds. The summed E-state index contributed by atoms with van der Waals surface area (Å²) in [5.41, 5.74) is 1.47. The summed E-state index contributed by atoms with van der Waals surface area (Å²) < 4.78 is 24.9. The van der Waals surface area contributed by atoms with Crippen LogP contribution < -0.4 is 0 Å². The summed E-state index contributed by atoms with van der Waals surface area (Å²) in [7, 11) is 1.72. The van der Waals surface area contributed by atoms with E-state index in [4.69, 9.17) is 18.9 Å². The topological polar surface area (TPSA) is 77.5 Å². The van der Waals surface area contributed by atoms with Crippen molar-refractivity contribution in [2.75, 3.05) is 13.7 Å². The number of likely N-dealkylation sites (N-methyl/N-ethyl adjacent to an activating group) is 1. The smallest absolute Gasteiger partial charge is 0.410 e. The number of unbranched alkanes of at least 4 members (excludes halogenated alkanes) is 1. The number of ether oxygens (including phenoxy) is 4. The Kier molecular flexibility index (Phi) is 11.6. The Morgan fingerprint density at radius 2 is 1.50 bits per heavy atom. The number of carbonyl (C=O) groups is 1. The molecule has 1 aliphatic carbocycles. The highest BCUT2D eigenvalue weighted by Crippen LogP contribution is 2.34. The van der Waals surface area contributed by atoms with E-state index >= 15 is 0 Å². The molecular weight excluding hydrogens is 482 g/mol. The van der Waals surface area contributed by atoms with Crippen LogP contribution >= 0.6 is 0 Å². The van der Waals surface area contributed by atoms with Gasteiger partial charge in [-0.2, -0.15) is 0 Å². The summed E-state index contributed by atoms with van der Waals surface area (Å²) in [6.45, 7) is 8.62. The fraction of sp³-hybridized carbons (Fsp3) is 0.581. The molecule has 0 radical (unpaired) electrons. The highest BCUT2D eigenvalue weighted by atomic mass is 16.6. The fourth-order valence-corrected chi connectivity index (χ4v) is 4.70. The normalized spacial score (nSPS) is 22.3. The average Bonchev–Trinajstić information content (AvgIpc) is 3.25. The molecule has 1 fully saturated rings. The molecule has 210 valence electrons. The lowest BCUT2D eigenvalue weighted by Gasteiger charge is -2.35. The van der Waals surface area contributed by atoms with Crippen molar-refractivity contribution in [3.05, 3.63) is 71.8 Å². The van der Waals surface area contributed by atoms with Gasteiger partial charge in [-0.05, 0) is 38.3 Å². The van der Waals surface area contributed by atoms with Crippen LogP contribution in [-0.2, 0) is 32.2 Å². The van der Waals surface area contributed by atoms with Gasteiger partial charge in [0.25, 0.3) is 0 Å². The van der Waals surface area contributed by atoms with Gasteiger partial charge < -0.3 is 29.0 Å². The Bertz CT molecular complexity index is 948. The van der Waals surface area contributed by atoms with Crippen molar-refractivity contribution in [2.24, 2.45) is 0 Å². The highest BCUT2D eigenvalue weighted by molar-refractivity contribution is 5.68. The molecule has 1 unspecified atom stereocenters. The van der Waals surface area contributed by atoms with Gasteiger partial charge in [0, 0.05) is 13.5 Å². The maximum absolute atomic E-state index is 13.2. The summed E-state index contributed by atoms with van der Waals surface area (Å²) >= 11 is 0. The largest absolute Gasteiger partial charge is 0.444 e. The van der Waals surface area contributed by atoms with Gasteiger partial charge in [-0.15, -0.1) is 0 Å². The molecule has 2 aromatic rings. The van der Waals surface area contributed by atoms with Gasteiger partial charge in [0.1, 0.15) is 11.7 Å². The Morgan fingerprint density at radius 3 is 2.03 bits per heavy atom. The Hall–Kier alpha value is -2.45. The lowest BCUT2D eigenvalue weighted by atomic mass is 10.1. The minimum Gasteiger partial charge on any atom is -0.444 e. The van der Waals surface area contributed by atoms with Gasteiger partial charge in [-0.3, -0.25) is 0 Å². The molecule has 7 nitrogen and oxygen atoms in total. The van der Waals surface area contributed by atoms with Gasteiger partial charge in [0.05, 0.1) is 44.2 Å². The number of benzene rings is 2. The molecule has 0 aromatic heterocycles. The van der Waals surface area contributed by atoms with E-state index in [-0.39, 0.29) is 18.8 Å². The number of hydrogen-bond acceptors (Lipinski definition) is 6. The van der Waals surface area contributed by atoms with E-state index in [2.05, 4.69) is 6.92 Å². The highest BCUT2D eigenvalue weighted by Gasteiger charge is 2.49. The van der Waals surface area contributed by atoms with Crippen LogP contribution in [0.2, 0.25) is 0 Å². The SMILES string of the molecule is CCCCC(O)CO[C@@H]1[C@@H](N(C)C(=O)OC(C)(C)C)[C@H](OCc2ccccc2)C[C@@H]1OCc1ccccc1. The Morgan fingerprint density at radius 1 is 0.947 bits per heavy atom. The number of nitrogens with zero attached hydrogens (tertiary/aromatic N) is 1. The predicted octanol–water partition coefficient (Wildman–Crippen LogP) is 5.73. The molecule has 0 heterocycles. The zero-order valence-corrected chi connectivity index (χ0v) is 23.5. The molecule has 1 saturated carbocycles. The average molecular weight is 528 g/mol. The zero-order valence-electron chi connectivity index (χ0n) is 23.5. The monoisotopic (exact) mass is 527 g/mol. The van der Waals surface area contributed by atoms with Gasteiger partial charge in [-0.1, -0.05) is 80.4 Å². The molecule has 38 heavy (non-hydrogen) atoms. The summed E-state index contributed by atoms with van der Waals surface area (Å²) in [6, 6.07) is 19.5. The number of rotatable bonds is 13. The van der Waals surface area contributed by atoms with Crippen LogP contribution in [0.15, 0.2) is 60.7 Å². The maximum atomic E-state index is 13.2. The maximum Gasteiger partial charge on any atom is 0.410 e. The van der Waals surface area contributed by atoms with E-state index in [1.807, 2.05) is 81.4 Å². The first kappa shape index (κ1) is 30.1. The second-order valence-electron chi connectivity index (χ2n) is 11.1. The molecule has 5 atom stereocenters. The predicted molar refractivity (Wildman–Crippen MR) is 148 cm³/mol. The second-order valence-corrected chi connectivity index (χ2v) is 11.1. The van der Waals surface area contributed by atoms with Crippen LogP contribution in [0.1, 0.15) is 64.5 Å². The van der Waals surface area contributed by atoms with Gasteiger partial charge in [0.15, 0.2) is 0 Å². The Balaban J connectivity index is 1.83. The van der Waals surface area contributed by atoms with Crippen LogP contribution in [0.5, 0.6) is 0 Å². The van der Waals surface area contributed by atoms with Crippen LogP contribution in [0.3, 0.4) is 0 Å². The number of amides is 1. The van der Waals surface area contributed by atoms with Gasteiger partial charge in [-0.25, -0.2) is 4.79 Å². The third-order valence-corrected chi connectivity index (χ3v) is 6.66. The molecule has 2 aromatic carbocycles. The molecular formula is C31H45NO6. The quantitative estimate of drug-likeness (QED) is 0.358. The van der Waals surface area contributed by atoms with Crippen LogP contribution in [0, 0.1) is 0 Å². The first-order valence-electron chi connectivity index (χ1n) is 13.7. The number of carbonyl (C=O) groups excluding carboxylic acids is 1. The summed E-state index contributed by atoms with van der Waals surface area (Å²) in [5.74, 6) is 0. The van der Waals surface area contributed by atoms with E-state index in [0.29, 0.717) is 26.1 Å². The molecule has 1 N–H and O–H groups in total. The summed E-state index contributed by atoms with van der Waals surface area (Å²) in [4.78, 5) is 14.8. The standard InChI is InChI=1S/C31H45NO6/c1-6-7-18-25(33)22-37-29-27(36-21-24-16-12-9-13-17-24)19-26(35-20-23-14-10-8-11-15-23)28(29)32(5)30(34)38-31(2,3)4/h8-17,25-29,33H,6-7,18-22H2,1-5H3/t25?,26-,27+,28+,29+/m1/s1. The number of aliphatic hydroxyl groups excluding tert-OH is 1. The third kappa shape index (κ3) is 9.38. The van der Waals surface area contributed by atoms with E-state index < -0.39 is 29.9 Å². The van der Waals surface area contributed by atoms with E-state index in [0.717, 1.165) is 24.0 Å². The van der Waals surface area contributed by atoms with Crippen LogP contribution in [-0.4, -0.2) is 65.8 Å². The summed E-state index contributed by atoms with van der Waals surface area (Å²) in [5, 5.41) is 10.5. The first-order valence-corrected chi connectivity index (χ1v) is 13.7. The minimum atomic E-state index is -0.639. The molecule has 0 saturated heterocycles. The third-order valence-electron chi connectivity index (χ3n) is 6.66. The molecule has 0 spiro atoms. The van der Waals surface area contributed by atoms with E-state index in [1.54, 1.807) is 11.9 Å². The minimum absolute atomic E-state index is 0.167. The van der Waals surface area contributed by atoms with Crippen molar-refractivity contribution >= 4 is 6.09 Å². The van der Waals surface area contributed by atoms with Crippen molar-refractivity contribution < 1.29 is 28.8 Å². The lowest BCUT2D eigenvalue weighted by molar-refractivity contribution is -0.106. The number of hydrogen-bond donors (Lipinski definition) is 1. The van der Waals surface area contributed by atoms with Gasteiger partial charge >= 0.3 is 6.09 Å². The molecule has 1 aliphatic rings. The molecule has 7 heteroatoms. The van der Waals surface area contributed by atoms with Crippen molar-refractivity contribution in [3.63, 3.8) is 0 Å². The van der Waals surface area contributed by atoms with Gasteiger partial charge in [0.2, 0.25) is 0 Å². The van der Waals surface area contributed by atoms with Crippen molar-refractivity contribution in [1.82, 2.24) is 4.90 Å². The zero-order chi connectivity index (χ0) is 27.5. The van der Waals surface area contributed by atoms with Crippen LogP contribution in [0.4, 0.5) is 4.79 Å². The fourth-order valence-electron chi connectivity index (χ4n) is 4.70. The van der Waals surface area contributed by atoms with Crippen molar-refractivity contribution in [2.45, 2.75) is 103 Å². The molecule has 3 rings (SSSR count).